The van der Waals surface area contributed by atoms with Crippen LogP contribution in [0.15, 0.2) is 0 Å². The molecule has 0 aromatic carbocycles. The number of alkyl halides is 3. The van der Waals surface area contributed by atoms with E-state index in [1.165, 1.54) is 20.8 Å². The number of ether oxygens (including phenoxy) is 3. The third kappa shape index (κ3) is 16.4. The van der Waals surface area contributed by atoms with Gasteiger partial charge >= 0.3 is 24.3 Å². The molecule has 0 aliphatic carbocycles. The monoisotopic (exact) mass is 547 g/mol. The molecule has 3 N–H and O–H groups in total. The van der Waals surface area contributed by atoms with E-state index in [2.05, 4.69) is 5.32 Å². The van der Waals surface area contributed by atoms with Gasteiger partial charge in [-0.2, -0.15) is 13.2 Å². The fourth-order valence-electron chi connectivity index (χ4n) is 2.56. The van der Waals surface area contributed by atoms with Crippen LogP contribution < -0.4 is 10.6 Å². The van der Waals surface area contributed by atoms with Gasteiger partial charge in [-0.1, -0.05) is 0 Å². The van der Waals surface area contributed by atoms with Gasteiger partial charge in [0.1, 0.15) is 28.9 Å². The van der Waals surface area contributed by atoms with Crippen molar-refractivity contribution in [2.75, 3.05) is 11.5 Å². The second-order valence-corrected chi connectivity index (χ2v) is 13.7. The van der Waals surface area contributed by atoms with Crippen molar-refractivity contribution < 1.29 is 46.0 Å². The van der Waals surface area contributed by atoms with Gasteiger partial charge in [0.2, 0.25) is 0 Å². The summed E-state index contributed by atoms with van der Waals surface area (Å²) in [7, 11) is -3.64. The van der Waals surface area contributed by atoms with Crippen molar-refractivity contribution in [1.29, 1.82) is 4.78 Å². The number of esters is 1. The Bertz CT molecular complexity index is 871. The maximum Gasteiger partial charge on any atom is 0.408 e. The molecule has 0 aliphatic heterocycles. The molecule has 0 bridgehead atoms. The number of carbonyl (C=O) groups is 3. The lowest BCUT2D eigenvalue weighted by atomic mass is 10.1. The normalized spacial score (nSPS) is 16.2. The Kier molecular flexibility index (Phi) is 11.6. The highest BCUT2D eigenvalue weighted by atomic mass is 32.2. The minimum Gasteiger partial charge on any atom is -0.458 e. The summed E-state index contributed by atoms with van der Waals surface area (Å²) in [6.07, 6.45) is -8.31. The summed E-state index contributed by atoms with van der Waals surface area (Å²) in [5.41, 5.74) is -2.82. The molecule has 0 aromatic heterocycles. The van der Waals surface area contributed by atoms with E-state index in [0.29, 0.717) is 0 Å². The number of hydrogen-bond acceptors (Lipinski definition) is 8. The first-order valence-electron chi connectivity index (χ1n) is 11.3. The third-order valence-electron chi connectivity index (χ3n) is 3.94. The summed E-state index contributed by atoms with van der Waals surface area (Å²) < 4.78 is 76.1. The second-order valence-electron chi connectivity index (χ2n) is 11.3. The van der Waals surface area contributed by atoms with Gasteiger partial charge in [-0.25, -0.2) is 18.6 Å². The Morgan fingerprint density at radius 3 is 1.53 bits per heavy atom. The highest BCUT2D eigenvalue weighted by Gasteiger charge is 2.41. The van der Waals surface area contributed by atoms with Crippen LogP contribution in [0.5, 0.6) is 0 Å². The predicted molar refractivity (Wildman–Crippen MR) is 128 cm³/mol. The first-order chi connectivity index (χ1) is 15.8. The van der Waals surface area contributed by atoms with E-state index in [-0.39, 0.29) is 6.42 Å². The van der Waals surface area contributed by atoms with Crippen LogP contribution in [0.4, 0.5) is 22.8 Å². The van der Waals surface area contributed by atoms with E-state index in [1.54, 1.807) is 46.9 Å². The Balaban J connectivity index is 5.37. The van der Waals surface area contributed by atoms with Crippen LogP contribution in [-0.4, -0.2) is 68.9 Å². The number of alkyl carbamates (subject to hydrolysis) is 2. The highest BCUT2D eigenvalue weighted by Crippen LogP contribution is 2.24. The van der Waals surface area contributed by atoms with Crippen LogP contribution >= 0.6 is 0 Å². The standard InChI is InChI=1S/C22H40F3N3O7S/c1-19(2,3)33-16(29)14(27-17(30)34-20(4,5)6)10-12-36(26,32)13-11-15(22(23,24)25)28-18(31)35-21(7,8)9/h14-15,26H,10-13H2,1-9H3,(H,27,30)(H,28,31)/t14-,15?,36?/m0/s1. The van der Waals surface area contributed by atoms with Crippen molar-refractivity contribution in [2.45, 2.75) is 110 Å². The quantitative estimate of drug-likeness (QED) is 0.285. The number of hydrogen-bond donors (Lipinski definition) is 3. The first-order valence-corrected chi connectivity index (χ1v) is 13.2. The van der Waals surface area contributed by atoms with Crippen molar-refractivity contribution in [3.05, 3.63) is 0 Å². The summed E-state index contributed by atoms with van der Waals surface area (Å²) in [6.45, 7) is 14.1. The van der Waals surface area contributed by atoms with E-state index < -0.39 is 80.9 Å². The van der Waals surface area contributed by atoms with Crippen LogP contribution in [0.3, 0.4) is 0 Å². The lowest BCUT2D eigenvalue weighted by molar-refractivity contribution is -0.157. The molecule has 0 saturated carbocycles. The third-order valence-corrected chi connectivity index (χ3v) is 5.73. The Hall–Kier alpha value is -2.25. The van der Waals surface area contributed by atoms with E-state index in [4.69, 9.17) is 19.0 Å². The van der Waals surface area contributed by atoms with E-state index in [1.807, 2.05) is 0 Å². The lowest BCUT2D eigenvalue weighted by Gasteiger charge is -2.27. The molecular weight excluding hydrogens is 507 g/mol. The molecule has 212 valence electrons. The molecule has 0 heterocycles. The van der Waals surface area contributed by atoms with Crippen LogP contribution in [0, 0.1) is 4.78 Å². The van der Waals surface area contributed by atoms with Crippen molar-refractivity contribution in [3.8, 4) is 0 Å². The molecule has 0 aliphatic rings. The average Bonchev–Trinajstić information content (AvgIpc) is 2.56. The van der Waals surface area contributed by atoms with Gasteiger partial charge in [-0.05, 0) is 75.2 Å². The zero-order chi connectivity index (χ0) is 28.8. The van der Waals surface area contributed by atoms with Crippen molar-refractivity contribution >= 4 is 27.9 Å². The largest absolute Gasteiger partial charge is 0.458 e. The predicted octanol–water partition coefficient (Wildman–Crippen LogP) is 4.50. The van der Waals surface area contributed by atoms with Crippen LogP contribution in [0.1, 0.15) is 75.2 Å². The molecule has 14 heteroatoms. The SMILES string of the molecule is CC(C)(C)OC(=O)NC(CCS(=N)(=O)CC[C@H](NC(=O)OC(C)(C)C)C(=O)OC(C)(C)C)C(F)(F)F. The Morgan fingerprint density at radius 2 is 1.14 bits per heavy atom. The topological polar surface area (TPSA) is 144 Å². The van der Waals surface area contributed by atoms with Crippen LogP contribution in [0.25, 0.3) is 0 Å². The van der Waals surface area contributed by atoms with E-state index in [0.717, 1.165) is 0 Å². The molecule has 36 heavy (non-hydrogen) atoms. The summed E-state index contributed by atoms with van der Waals surface area (Å²) in [4.78, 5) is 36.5. The summed E-state index contributed by atoms with van der Waals surface area (Å²) in [5.74, 6) is -2.10. The number of amides is 2. The molecule has 0 aromatic rings. The van der Waals surface area contributed by atoms with Gasteiger partial charge in [-0.15, -0.1) is 0 Å². The second kappa shape index (κ2) is 12.3. The number of carbonyl (C=O) groups excluding carboxylic acids is 3. The lowest BCUT2D eigenvalue weighted by Crippen LogP contribution is -2.48. The van der Waals surface area contributed by atoms with Crippen molar-refractivity contribution in [3.63, 3.8) is 0 Å². The summed E-state index contributed by atoms with van der Waals surface area (Å²) >= 11 is 0. The van der Waals surface area contributed by atoms with E-state index in [9.17, 15) is 31.8 Å². The van der Waals surface area contributed by atoms with Gasteiger partial charge in [0.25, 0.3) is 0 Å². The molecule has 3 atom stereocenters. The first kappa shape index (κ1) is 33.8. The molecule has 0 rings (SSSR count). The van der Waals surface area contributed by atoms with Gasteiger partial charge < -0.3 is 24.8 Å². The number of nitrogens with one attached hydrogen (secondary N) is 3. The maximum absolute atomic E-state index is 13.4. The maximum atomic E-state index is 13.4. The van der Waals surface area contributed by atoms with Gasteiger partial charge in [0.05, 0.1) is 0 Å². The van der Waals surface area contributed by atoms with Gasteiger partial charge in [0, 0.05) is 21.2 Å². The summed E-state index contributed by atoms with van der Waals surface area (Å²) in [5, 5.41) is 4.01. The van der Waals surface area contributed by atoms with Crippen molar-refractivity contribution in [2.24, 2.45) is 0 Å². The summed E-state index contributed by atoms with van der Waals surface area (Å²) in [6, 6.07) is -3.73. The molecule has 2 amide bonds. The van der Waals surface area contributed by atoms with Crippen LogP contribution in [-0.2, 0) is 28.7 Å². The zero-order valence-corrected chi connectivity index (χ0v) is 23.2. The number of rotatable bonds is 9. The molecule has 0 fully saturated rings. The van der Waals surface area contributed by atoms with E-state index >= 15 is 0 Å². The van der Waals surface area contributed by atoms with Crippen LogP contribution in [0.2, 0.25) is 0 Å². The van der Waals surface area contributed by atoms with Gasteiger partial charge in [-0.3, -0.25) is 4.78 Å². The zero-order valence-electron chi connectivity index (χ0n) is 22.4. The minimum atomic E-state index is -4.87. The van der Waals surface area contributed by atoms with Gasteiger partial charge in [0.15, 0.2) is 0 Å². The molecule has 0 spiro atoms. The fraction of sp³-hybridized carbons (Fsp3) is 0.864. The van der Waals surface area contributed by atoms with Crippen molar-refractivity contribution in [1.82, 2.24) is 10.6 Å². The number of halogens is 3. The fourth-order valence-corrected chi connectivity index (χ4v) is 3.99. The molecule has 10 nitrogen and oxygen atoms in total. The average molecular weight is 548 g/mol. The molecular formula is C22H40F3N3O7S. The Labute approximate surface area is 211 Å². The smallest absolute Gasteiger partial charge is 0.408 e. The minimum absolute atomic E-state index is 0.341. The Morgan fingerprint density at radius 1 is 0.750 bits per heavy atom. The molecule has 2 unspecified atom stereocenters. The molecule has 0 radical (unpaired) electrons. The highest BCUT2D eigenvalue weighted by molar-refractivity contribution is 7.92. The molecule has 0 saturated heterocycles.